The SMILES string of the molecule is CCOC(=O)c1cn(C2CC2)c2cc(N3CCN(CCCCn4c(=O)cc(Nc5ccc(C)c(CC)c5)[nH]c4=O)[C@@H](C)C3)c(F)cc2c1=O. The molecule has 2 fully saturated rings. The van der Waals surface area contributed by atoms with Crippen molar-refractivity contribution in [1.29, 1.82) is 0 Å². The average molecular weight is 673 g/mol. The molecule has 12 heteroatoms. The van der Waals surface area contributed by atoms with Crippen molar-refractivity contribution in [2.45, 2.75) is 78.4 Å². The van der Waals surface area contributed by atoms with E-state index in [-0.39, 0.29) is 35.2 Å². The molecule has 3 heterocycles. The summed E-state index contributed by atoms with van der Waals surface area (Å²) in [5.41, 5.74) is 2.91. The summed E-state index contributed by atoms with van der Waals surface area (Å²) in [4.78, 5) is 58.4. The fraction of sp³-hybridized carbons (Fsp3) is 0.459. The van der Waals surface area contributed by atoms with E-state index in [0.717, 1.165) is 44.5 Å². The molecule has 1 atom stereocenters. The lowest BCUT2D eigenvalue weighted by molar-refractivity contribution is 0.0524. The number of H-pyrrole nitrogens is 1. The molecule has 2 aromatic carbocycles. The zero-order chi connectivity index (χ0) is 34.8. The Balaban J connectivity index is 1.07. The number of nitrogens with one attached hydrogen (secondary N) is 2. The molecule has 0 radical (unpaired) electrons. The number of aromatic nitrogens is 3. The number of benzene rings is 2. The van der Waals surface area contributed by atoms with Crippen LogP contribution in [-0.4, -0.2) is 63.8 Å². The maximum atomic E-state index is 15.6. The van der Waals surface area contributed by atoms with E-state index in [1.54, 1.807) is 19.2 Å². The van der Waals surface area contributed by atoms with Gasteiger partial charge in [0.2, 0.25) is 5.43 Å². The van der Waals surface area contributed by atoms with Crippen molar-refractivity contribution >= 4 is 34.1 Å². The van der Waals surface area contributed by atoms with Crippen LogP contribution in [-0.2, 0) is 17.7 Å². The molecule has 260 valence electrons. The third-order valence-corrected chi connectivity index (χ3v) is 9.75. The lowest BCUT2D eigenvalue weighted by Gasteiger charge is -2.41. The molecule has 1 saturated heterocycles. The quantitative estimate of drug-likeness (QED) is 0.157. The Bertz CT molecular complexity index is 2020. The monoisotopic (exact) mass is 672 g/mol. The Hall–Kier alpha value is -4.71. The summed E-state index contributed by atoms with van der Waals surface area (Å²) in [7, 11) is 0. The number of piperazine rings is 1. The molecule has 11 nitrogen and oxygen atoms in total. The summed E-state index contributed by atoms with van der Waals surface area (Å²) < 4.78 is 23.9. The van der Waals surface area contributed by atoms with Crippen molar-refractivity contribution in [2.24, 2.45) is 0 Å². The van der Waals surface area contributed by atoms with Crippen LogP contribution in [0.4, 0.5) is 21.6 Å². The van der Waals surface area contributed by atoms with Gasteiger partial charge in [0, 0.05) is 61.6 Å². The molecule has 2 aliphatic rings. The fourth-order valence-electron chi connectivity index (χ4n) is 6.83. The first kappa shape index (κ1) is 34.2. The minimum Gasteiger partial charge on any atom is -0.462 e. The van der Waals surface area contributed by atoms with Crippen LogP contribution in [0.25, 0.3) is 10.9 Å². The number of unbranched alkanes of at least 4 members (excludes halogenated alkanes) is 1. The summed E-state index contributed by atoms with van der Waals surface area (Å²) in [5.74, 6) is -0.814. The van der Waals surface area contributed by atoms with Crippen LogP contribution in [0.1, 0.15) is 74.0 Å². The molecule has 4 aromatic rings. The lowest BCUT2D eigenvalue weighted by Crippen LogP contribution is -2.52. The van der Waals surface area contributed by atoms with E-state index >= 15 is 4.39 Å². The van der Waals surface area contributed by atoms with Gasteiger partial charge in [-0.1, -0.05) is 13.0 Å². The largest absolute Gasteiger partial charge is 0.462 e. The van der Waals surface area contributed by atoms with Crippen LogP contribution >= 0.6 is 0 Å². The van der Waals surface area contributed by atoms with Gasteiger partial charge in [0.05, 0.1) is 17.8 Å². The second-order valence-electron chi connectivity index (χ2n) is 13.2. The lowest BCUT2D eigenvalue weighted by atomic mass is 10.1. The molecular weight excluding hydrogens is 627 g/mol. The molecule has 0 unspecified atom stereocenters. The highest BCUT2D eigenvalue weighted by molar-refractivity contribution is 5.94. The number of nitrogens with zero attached hydrogens (tertiary/aromatic N) is 4. The standard InChI is InChI=1S/C37H45FN6O5/c1-5-25-17-26(10-9-23(25)3)39-33-20-34(45)43(37(48)40-33)14-8-7-13-41-15-16-42(21-24(41)4)32-19-31-28(18-30(32)38)35(46)29(36(47)49-6-2)22-44(31)27-11-12-27/h9-10,17-20,22,24,27,39H,5-8,11-16,21H2,1-4H3,(H,40,48)/t24-/m0/s1. The number of aromatic amines is 1. The van der Waals surface area contributed by atoms with Crippen molar-refractivity contribution in [1.82, 2.24) is 19.0 Å². The van der Waals surface area contributed by atoms with Crippen LogP contribution in [0.2, 0.25) is 0 Å². The molecule has 49 heavy (non-hydrogen) atoms. The summed E-state index contributed by atoms with van der Waals surface area (Å²) >= 11 is 0. The van der Waals surface area contributed by atoms with Gasteiger partial charge in [0.25, 0.3) is 5.56 Å². The second kappa shape index (κ2) is 14.4. The Labute approximate surface area is 284 Å². The van der Waals surface area contributed by atoms with Crippen LogP contribution in [0.3, 0.4) is 0 Å². The smallest absolute Gasteiger partial charge is 0.343 e. The number of rotatable bonds is 12. The van der Waals surface area contributed by atoms with Crippen LogP contribution in [0.5, 0.6) is 0 Å². The first-order valence-corrected chi connectivity index (χ1v) is 17.3. The van der Waals surface area contributed by atoms with Gasteiger partial charge in [0.15, 0.2) is 0 Å². The topological polar surface area (TPSA) is 122 Å². The fourth-order valence-corrected chi connectivity index (χ4v) is 6.83. The molecule has 1 aliphatic carbocycles. The van der Waals surface area contributed by atoms with E-state index in [1.165, 1.54) is 27.8 Å². The van der Waals surface area contributed by atoms with Gasteiger partial charge in [-0.3, -0.25) is 24.0 Å². The number of ether oxygens (including phenoxy) is 1. The van der Waals surface area contributed by atoms with Gasteiger partial charge in [-0.2, -0.15) is 0 Å². The minimum atomic E-state index is -0.688. The van der Waals surface area contributed by atoms with E-state index in [9.17, 15) is 19.2 Å². The van der Waals surface area contributed by atoms with E-state index in [1.807, 2.05) is 27.7 Å². The number of hydrogen-bond donors (Lipinski definition) is 2. The molecule has 1 saturated carbocycles. The normalized spacial score (nSPS) is 16.7. The van der Waals surface area contributed by atoms with Gasteiger partial charge < -0.3 is 19.5 Å². The first-order chi connectivity index (χ1) is 23.6. The molecule has 2 N–H and O–H groups in total. The number of halogens is 1. The molecule has 0 amide bonds. The van der Waals surface area contributed by atoms with Crippen molar-refractivity contribution in [3.8, 4) is 0 Å². The van der Waals surface area contributed by atoms with Gasteiger partial charge in [-0.25, -0.2) is 14.0 Å². The average Bonchev–Trinajstić information content (AvgIpc) is 3.91. The first-order valence-electron chi connectivity index (χ1n) is 17.3. The molecule has 1 aliphatic heterocycles. The highest BCUT2D eigenvalue weighted by Crippen LogP contribution is 2.38. The van der Waals surface area contributed by atoms with Gasteiger partial charge in [-0.15, -0.1) is 0 Å². The number of anilines is 3. The number of pyridine rings is 1. The third-order valence-electron chi connectivity index (χ3n) is 9.75. The van der Waals surface area contributed by atoms with E-state index in [2.05, 4.69) is 36.0 Å². The van der Waals surface area contributed by atoms with E-state index in [0.29, 0.717) is 43.1 Å². The van der Waals surface area contributed by atoms with Gasteiger partial charge in [0.1, 0.15) is 17.2 Å². The van der Waals surface area contributed by atoms with E-state index in [4.69, 9.17) is 4.74 Å². The molecule has 6 rings (SSSR count). The second-order valence-corrected chi connectivity index (χ2v) is 13.2. The van der Waals surface area contributed by atoms with E-state index < -0.39 is 22.9 Å². The maximum absolute atomic E-state index is 15.6. The molecular formula is C37H45FN6O5. The zero-order valence-electron chi connectivity index (χ0n) is 28.7. The Morgan fingerprint density at radius 2 is 1.82 bits per heavy atom. The van der Waals surface area contributed by atoms with Crippen LogP contribution in [0, 0.1) is 12.7 Å². The summed E-state index contributed by atoms with van der Waals surface area (Å²) in [6.45, 7) is 11.1. The predicted octanol–water partition coefficient (Wildman–Crippen LogP) is 5.11. The highest BCUT2D eigenvalue weighted by Gasteiger charge is 2.30. The van der Waals surface area contributed by atoms with Crippen LogP contribution < -0.4 is 26.9 Å². The number of carbonyl (C=O) groups excluding carboxylic acids is 1. The van der Waals surface area contributed by atoms with Crippen molar-refractivity contribution in [3.63, 3.8) is 0 Å². The maximum Gasteiger partial charge on any atom is 0.343 e. The third kappa shape index (κ3) is 7.34. The minimum absolute atomic E-state index is 0.0669. The molecule has 2 aromatic heterocycles. The number of carbonyl (C=O) groups is 1. The number of fused-ring (bicyclic) bond motifs is 1. The zero-order valence-corrected chi connectivity index (χ0v) is 28.7. The highest BCUT2D eigenvalue weighted by atomic mass is 19.1. The number of esters is 1. The van der Waals surface area contributed by atoms with Crippen LogP contribution in [0.15, 0.2) is 57.0 Å². The Kier molecular flexibility index (Phi) is 10.0. The Morgan fingerprint density at radius 3 is 2.51 bits per heavy atom. The summed E-state index contributed by atoms with van der Waals surface area (Å²) in [5, 5.41) is 3.33. The molecule has 0 bridgehead atoms. The van der Waals surface area contributed by atoms with Crippen molar-refractivity contribution < 1.29 is 13.9 Å². The van der Waals surface area contributed by atoms with Gasteiger partial charge in [-0.05, 0) is 94.8 Å². The Morgan fingerprint density at radius 1 is 1.04 bits per heavy atom. The molecule has 0 spiro atoms. The number of aryl methyl sites for hydroxylation is 2. The summed E-state index contributed by atoms with van der Waals surface area (Å²) in [6.07, 6.45) is 5.78. The van der Waals surface area contributed by atoms with Crippen molar-refractivity contribution in [2.75, 3.05) is 43.0 Å². The predicted molar refractivity (Wildman–Crippen MR) is 190 cm³/mol. The van der Waals surface area contributed by atoms with Crippen molar-refractivity contribution in [3.05, 3.63) is 96.2 Å². The van der Waals surface area contributed by atoms with Gasteiger partial charge >= 0.3 is 11.7 Å². The summed E-state index contributed by atoms with van der Waals surface area (Å²) in [6, 6.07) is 10.7. The number of hydrogen-bond acceptors (Lipinski definition) is 8.